The second-order valence-electron chi connectivity index (χ2n) is 6.50. The first kappa shape index (κ1) is 24.4. The Morgan fingerprint density at radius 2 is 1.08 bits per heavy atom. The van der Waals surface area contributed by atoms with Gasteiger partial charge in [-0.2, -0.15) is 0 Å². The predicted molar refractivity (Wildman–Crippen MR) is 91.2 cm³/mol. The minimum Gasteiger partial charge on any atom is -0.747 e. The molecule has 0 aromatic rings. The maximum Gasteiger partial charge on any atom is 2.00 e. The van der Waals surface area contributed by atoms with E-state index in [1.54, 1.807) is 24.3 Å². The molecule has 2 aliphatic carbocycles. The molecule has 136 valence electrons. The van der Waals surface area contributed by atoms with Crippen LogP contribution in [0.5, 0.6) is 0 Å². The molecule has 0 aliphatic heterocycles. The van der Waals surface area contributed by atoms with Crippen molar-refractivity contribution < 1.29 is 45.4 Å². The maximum atomic E-state index is 10.8. The van der Waals surface area contributed by atoms with Crippen LogP contribution in [0.15, 0.2) is 47.6 Å². The smallest absolute Gasteiger partial charge is 0.747 e. The second kappa shape index (κ2) is 8.40. The summed E-state index contributed by atoms with van der Waals surface area (Å²) in [5.74, 6) is 0. The fourth-order valence-corrected chi connectivity index (χ4v) is 3.03. The van der Waals surface area contributed by atoms with Crippen LogP contribution in [0.4, 0.5) is 0 Å². The third-order valence-electron chi connectivity index (χ3n) is 4.20. The van der Waals surface area contributed by atoms with Gasteiger partial charge < -0.3 is 9.11 Å². The largest absolute Gasteiger partial charge is 2.00 e. The predicted octanol–water partition coefficient (Wildman–Crippen LogP) is 2.39. The Balaban J connectivity index is 0.000000443. The van der Waals surface area contributed by atoms with E-state index in [1.807, 2.05) is 13.8 Å². The Labute approximate surface area is 163 Å². The van der Waals surface area contributed by atoms with Crippen molar-refractivity contribution in [2.24, 2.45) is 0 Å². The summed E-state index contributed by atoms with van der Waals surface area (Å²) in [7, 11) is -8.46. The van der Waals surface area contributed by atoms with E-state index in [2.05, 4.69) is 0 Å². The zero-order valence-electron chi connectivity index (χ0n) is 14.9. The zero-order chi connectivity index (χ0) is 18.8. The zero-order valence-corrected chi connectivity index (χ0v) is 19.5. The average Bonchev–Trinajstić information content (AvgIpc) is 2.44. The van der Waals surface area contributed by atoms with Crippen molar-refractivity contribution >= 4 is 20.2 Å². The van der Waals surface area contributed by atoms with Crippen molar-refractivity contribution in [1.82, 2.24) is 0 Å². The van der Waals surface area contributed by atoms with Gasteiger partial charge in [0, 0.05) is 0 Å². The first-order valence-corrected chi connectivity index (χ1v) is 10.1. The third kappa shape index (κ3) is 6.25. The van der Waals surface area contributed by atoms with Gasteiger partial charge in [-0.3, -0.25) is 0 Å². The van der Waals surface area contributed by atoms with Gasteiger partial charge in [-0.25, -0.2) is 16.8 Å². The number of allylic oxidation sites excluding steroid dienone is 6. The van der Waals surface area contributed by atoms with Crippen LogP contribution in [0.25, 0.3) is 0 Å². The molecule has 6 nitrogen and oxygen atoms in total. The minimum atomic E-state index is -4.23. The maximum absolute atomic E-state index is 10.8. The molecule has 0 aromatic heterocycles. The molecule has 2 atom stereocenters. The number of hydrogen-bond acceptors (Lipinski definition) is 6. The monoisotopic (exact) mass is 438 g/mol. The molecule has 9 heteroatoms. The summed E-state index contributed by atoms with van der Waals surface area (Å²) in [6.45, 7) is 6.62. The first-order chi connectivity index (χ1) is 10.7. The van der Waals surface area contributed by atoms with E-state index < -0.39 is 29.7 Å². The van der Waals surface area contributed by atoms with Crippen LogP contribution < -0.4 is 0 Å². The van der Waals surface area contributed by atoms with Crippen LogP contribution in [0.3, 0.4) is 0 Å². The Bertz CT molecular complexity index is 751. The molecule has 2 unspecified atom stereocenters. The average molecular weight is 440 g/mol. The molecule has 0 aromatic carbocycles. The Morgan fingerprint density at radius 3 is 1.24 bits per heavy atom. The second-order valence-corrected chi connectivity index (χ2v) is 10.2. The molecule has 0 spiro atoms. The standard InChI is InChI=1S/2C8H12O3S.Zn/c2*1-7-3-5-8(2,6-4-7)12(9,10)11;/h2*3-5H,6H2,1-2H3,(H,9,10,11);/q;;+2/p-2. The summed E-state index contributed by atoms with van der Waals surface area (Å²) in [5.41, 5.74) is 1.99. The van der Waals surface area contributed by atoms with Gasteiger partial charge in [0.2, 0.25) is 0 Å². The molecule has 2 rings (SSSR count). The van der Waals surface area contributed by atoms with E-state index in [1.165, 1.54) is 26.0 Å². The molecule has 0 radical (unpaired) electrons. The van der Waals surface area contributed by atoms with E-state index in [-0.39, 0.29) is 32.3 Å². The topological polar surface area (TPSA) is 114 Å². The number of rotatable bonds is 2. The molecule has 0 N–H and O–H groups in total. The van der Waals surface area contributed by atoms with E-state index in [4.69, 9.17) is 0 Å². The van der Waals surface area contributed by atoms with Crippen molar-refractivity contribution in [2.45, 2.75) is 50.0 Å². The Kier molecular flexibility index (Phi) is 8.20. The van der Waals surface area contributed by atoms with Gasteiger partial charge in [-0.15, -0.1) is 0 Å². The van der Waals surface area contributed by atoms with Crippen molar-refractivity contribution in [2.75, 3.05) is 0 Å². The summed E-state index contributed by atoms with van der Waals surface area (Å²) in [5, 5.41) is 0. The van der Waals surface area contributed by atoms with Crippen LogP contribution in [0.1, 0.15) is 40.5 Å². The molecule has 0 saturated heterocycles. The molecule has 2 aliphatic rings. The molecular weight excluding hydrogens is 418 g/mol. The van der Waals surface area contributed by atoms with Crippen LogP contribution in [-0.2, 0) is 39.7 Å². The minimum absolute atomic E-state index is 0. The van der Waals surface area contributed by atoms with E-state index in [0.717, 1.165) is 11.1 Å². The van der Waals surface area contributed by atoms with E-state index in [0.29, 0.717) is 0 Å². The molecule has 0 heterocycles. The third-order valence-corrected chi connectivity index (χ3v) is 7.09. The van der Waals surface area contributed by atoms with Gasteiger partial charge in [-0.05, 0) is 40.5 Å². The van der Waals surface area contributed by atoms with E-state index in [9.17, 15) is 25.9 Å². The summed E-state index contributed by atoms with van der Waals surface area (Å²) < 4.78 is 62.2. The fraction of sp³-hybridized carbons (Fsp3) is 0.500. The van der Waals surface area contributed by atoms with Crippen molar-refractivity contribution in [3.05, 3.63) is 47.6 Å². The van der Waals surface area contributed by atoms with E-state index >= 15 is 0 Å². The van der Waals surface area contributed by atoms with Crippen LogP contribution >= 0.6 is 0 Å². The van der Waals surface area contributed by atoms with Crippen LogP contribution in [0, 0.1) is 0 Å². The first-order valence-electron chi connectivity index (χ1n) is 7.33. The molecule has 0 fully saturated rings. The summed E-state index contributed by atoms with van der Waals surface area (Å²) in [6, 6.07) is 0. The summed E-state index contributed by atoms with van der Waals surface area (Å²) in [6.07, 6.45) is 10.3. The summed E-state index contributed by atoms with van der Waals surface area (Å²) >= 11 is 0. The molecular formula is C16H22O6S2Zn. The SMILES string of the molecule is CC1=CCC(C)(S(=O)(=O)[O-])C=C1.CC1=CCC(C)(S(=O)(=O)[O-])C=C1.[Zn+2]. The van der Waals surface area contributed by atoms with Gasteiger partial charge in [-0.1, -0.05) is 47.6 Å². The van der Waals surface area contributed by atoms with Gasteiger partial charge in [0.25, 0.3) is 0 Å². The van der Waals surface area contributed by atoms with Crippen molar-refractivity contribution in [3.8, 4) is 0 Å². The number of hydrogen-bond donors (Lipinski definition) is 0. The molecule has 0 saturated carbocycles. The molecule has 0 amide bonds. The van der Waals surface area contributed by atoms with Gasteiger partial charge >= 0.3 is 19.5 Å². The van der Waals surface area contributed by atoms with Crippen LogP contribution in [0.2, 0.25) is 0 Å². The Morgan fingerprint density at radius 1 is 0.800 bits per heavy atom. The molecule has 25 heavy (non-hydrogen) atoms. The Hall–Kier alpha value is -0.597. The van der Waals surface area contributed by atoms with Crippen molar-refractivity contribution in [1.29, 1.82) is 0 Å². The van der Waals surface area contributed by atoms with Crippen LogP contribution in [-0.4, -0.2) is 35.4 Å². The van der Waals surface area contributed by atoms with Gasteiger partial charge in [0.1, 0.15) is 20.2 Å². The van der Waals surface area contributed by atoms with Gasteiger partial charge in [0.05, 0.1) is 9.49 Å². The quantitative estimate of drug-likeness (QED) is 0.482. The fourth-order valence-electron chi connectivity index (χ4n) is 1.99. The van der Waals surface area contributed by atoms with Crippen molar-refractivity contribution in [3.63, 3.8) is 0 Å². The van der Waals surface area contributed by atoms with Gasteiger partial charge in [0.15, 0.2) is 0 Å². The normalized spacial score (nSPS) is 28.9. The molecule has 0 bridgehead atoms. The summed E-state index contributed by atoms with van der Waals surface area (Å²) in [4.78, 5) is 0.